The Kier molecular flexibility index (Phi) is 8.75. The summed E-state index contributed by atoms with van der Waals surface area (Å²) >= 11 is 0. The Bertz CT molecular complexity index is 594. The van der Waals surface area contributed by atoms with Crippen LogP contribution in [0.15, 0.2) is 0 Å². The summed E-state index contributed by atoms with van der Waals surface area (Å²) in [5, 5.41) is 98.4. The standard InChI is InChI=1S/C17H30O15/c18-1-4-7(20)10(23)13(26)16(30-4)28-3-6-9(22)11(24)14(15(27)29-6)32-17-12(25)8(21)5(2-19)31-17/h4-27H,1-3H2/t4-,5+,6-,7-,8+,9-,10+,11+,12-,13-,14-,15-,16-,17+/m1/s1. The molecule has 0 radical (unpaired) electrons. The summed E-state index contributed by atoms with van der Waals surface area (Å²) in [5.41, 5.74) is 0. The molecule has 3 rings (SSSR count). The van der Waals surface area contributed by atoms with Crippen molar-refractivity contribution in [2.75, 3.05) is 19.8 Å². The molecule has 188 valence electrons. The summed E-state index contributed by atoms with van der Waals surface area (Å²) in [4.78, 5) is 0. The molecule has 3 fully saturated rings. The molecule has 3 saturated heterocycles. The van der Waals surface area contributed by atoms with E-state index >= 15 is 0 Å². The van der Waals surface area contributed by atoms with Crippen LogP contribution in [0.25, 0.3) is 0 Å². The number of ether oxygens (including phenoxy) is 5. The van der Waals surface area contributed by atoms with Gasteiger partial charge in [-0.05, 0) is 0 Å². The smallest absolute Gasteiger partial charge is 0.187 e. The van der Waals surface area contributed by atoms with Crippen molar-refractivity contribution in [1.82, 2.24) is 0 Å². The first-order valence-corrected chi connectivity index (χ1v) is 10.00. The van der Waals surface area contributed by atoms with Gasteiger partial charge in [0.15, 0.2) is 18.9 Å². The lowest BCUT2D eigenvalue weighted by Crippen LogP contribution is -2.62. The third-order valence-electron chi connectivity index (χ3n) is 5.73. The Morgan fingerprint density at radius 1 is 0.531 bits per heavy atom. The van der Waals surface area contributed by atoms with Gasteiger partial charge < -0.3 is 74.7 Å². The number of hydrogen-bond donors (Lipinski definition) is 10. The van der Waals surface area contributed by atoms with Crippen molar-refractivity contribution < 1.29 is 74.7 Å². The van der Waals surface area contributed by atoms with Gasteiger partial charge in [-0.25, -0.2) is 0 Å². The maximum atomic E-state index is 10.4. The lowest BCUT2D eigenvalue weighted by atomic mass is 9.98. The second-order valence-corrected chi connectivity index (χ2v) is 7.88. The van der Waals surface area contributed by atoms with E-state index in [0.717, 1.165) is 0 Å². The zero-order chi connectivity index (χ0) is 23.7. The molecule has 0 aromatic rings. The van der Waals surface area contributed by atoms with Gasteiger partial charge in [-0.1, -0.05) is 0 Å². The molecule has 15 nitrogen and oxygen atoms in total. The molecule has 15 heteroatoms. The van der Waals surface area contributed by atoms with Crippen LogP contribution in [0, 0.1) is 0 Å². The summed E-state index contributed by atoms with van der Waals surface area (Å²) in [7, 11) is 0. The van der Waals surface area contributed by atoms with Crippen molar-refractivity contribution >= 4 is 0 Å². The second-order valence-electron chi connectivity index (χ2n) is 7.88. The van der Waals surface area contributed by atoms with Crippen molar-refractivity contribution in [2.45, 2.75) is 86.0 Å². The monoisotopic (exact) mass is 474 g/mol. The molecule has 14 atom stereocenters. The van der Waals surface area contributed by atoms with E-state index in [1.165, 1.54) is 0 Å². The van der Waals surface area contributed by atoms with Gasteiger partial charge in [0.05, 0.1) is 19.8 Å². The number of hydrogen-bond acceptors (Lipinski definition) is 15. The lowest BCUT2D eigenvalue weighted by Gasteiger charge is -2.43. The van der Waals surface area contributed by atoms with E-state index in [1.54, 1.807) is 0 Å². The highest BCUT2D eigenvalue weighted by atomic mass is 16.7. The average molecular weight is 474 g/mol. The highest BCUT2D eigenvalue weighted by Crippen LogP contribution is 2.29. The van der Waals surface area contributed by atoms with Crippen molar-refractivity contribution in [3.05, 3.63) is 0 Å². The lowest BCUT2D eigenvalue weighted by molar-refractivity contribution is -0.343. The first-order chi connectivity index (χ1) is 15.1. The molecule has 0 spiro atoms. The van der Waals surface area contributed by atoms with Crippen LogP contribution in [0.2, 0.25) is 0 Å². The van der Waals surface area contributed by atoms with E-state index in [9.17, 15) is 46.0 Å². The minimum absolute atomic E-state index is 0.557. The Hall–Kier alpha value is -0.600. The Balaban J connectivity index is 1.57. The zero-order valence-corrected chi connectivity index (χ0v) is 16.7. The van der Waals surface area contributed by atoms with Crippen LogP contribution in [0.3, 0.4) is 0 Å². The topological polar surface area (TPSA) is 248 Å². The first-order valence-electron chi connectivity index (χ1n) is 10.00. The maximum Gasteiger partial charge on any atom is 0.187 e. The van der Waals surface area contributed by atoms with Gasteiger partial charge in [0.1, 0.15) is 67.1 Å². The van der Waals surface area contributed by atoms with Gasteiger partial charge in [-0.15, -0.1) is 0 Å². The fourth-order valence-electron chi connectivity index (χ4n) is 3.73. The third kappa shape index (κ3) is 5.07. The molecule has 3 heterocycles. The van der Waals surface area contributed by atoms with Gasteiger partial charge in [-0.3, -0.25) is 0 Å². The van der Waals surface area contributed by atoms with Crippen molar-refractivity contribution in [2.24, 2.45) is 0 Å². The highest BCUT2D eigenvalue weighted by molar-refractivity contribution is 4.93. The molecule has 0 aromatic heterocycles. The number of aliphatic hydroxyl groups excluding tert-OH is 10. The minimum Gasteiger partial charge on any atom is -0.394 e. The molecule has 3 aliphatic heterocycles. The summed E-state index contributed by atoms with van der Waals surface area (Å²) in [6, 6.07) is 0. The second kappa shape index (κ2) is 10.8. The molecule has 32 heavy (non-hydrogen) atoms. The number of aliphatic hydroxyl groups is 10. The summed E-state index contributed by atoms with van der Waals surface area (Å²) in [5.74, 6) is 0. The molecule has 0 aliphatic carbocycles. The quantitative estimate of drug-likeness (QED) is 0.165. The minimum atomic E-state index is -1.85. The van der Waals surface area contributed by atoms with E-state index in [0.29, 0.717) is 0 Å². The Labute approximate surface area is 181 Å². The van der Waals surface area contributed by atoms with Crippen molar-refractivity contribution in [3.8, 4) is 0 Å². The van der Waals surface area contributed by atoms with Gasteiger partial charge in [0.25, 0.3) is 0 Å². The molecule has 3 aliphatic rings. The Morgan fingerprint density at radius 3 is 1.62 bits per heavy atom. The number of rotatable bonds is 7. The molecule has 0 amide bonds. The van der Waals surface area contributed by atoms with Gasteiger partial charge >= 0.3 is 0 Å². The first kappa shape index (κ1) is 26.0. The zero-order valence-electron chi connectivity index (χ0n) is 16.7. The van der Waals surface area contributed by atoms with Gasteiger partial charge in [0.2, 0.25) is 0 Å². The Morgan fingerprint density at radius 2 is 1.03 bits per heavy atom. The van der Waals surface area contributed by atoms with Crippen molar-refractivity contribution in [1.29, 1.82) is 0 Å². The van der Waals surface area contributed by atoms with Crippen LogP contribution in [0.4, 0.5) is 0 Å². The third-order valence-corrected chi connectivity index (χ3v) is 5.73. The van der Waals surface area contributed by atoms with Crippen LogP contribution >= 0.6 is 0 Å². The van der Waals surface area contributed by atoms with Crippen LogP contribution in [-0.2, 0) is 23.7 Å². The SMILES string of the molecule is OC[C@@H]1O[C@@H](O[C@@H]2[C@@H](O)[C@H](O)[C@@H](CO[C@@H]3O[C@H](CO)[C@@H](O)[C@H](O)[C@H]3O)O[C@H]2O)[C@H](O)[C@H]1O. The fourth-order valence-corrected chi connectivity index (χ4v) is 3.73. The van der Waals surface area contributed by atoms with E-state index in [1.807, 2.05) is 0 Å². The van der Waals surface area contributed by atoms with E-state index in [4.69, 9.17) is 28.8 Å². The molecular weight excluding hydrogens is 444 g/mol. The molecule has 0 unspecified atom stereocenters. The van der Waals surface area contributed by atoms with E-state index in [2.05, 4.69) is 0 Å². The average Bonchev–Trinajstić information content (AvgIpc) is 3.05. The fraction of sp³-hybridized carbons (Fsp3) is 1.00. The molecule has 0 bridgehead atoms. The summed E-state index contributed by atoms with van der Waals surface area (Å²) in [6.45, 7) is -1.85. The maximum absolute atomic E-state index is 10.4. The van der Waals surface area contributed by atoms with Crippen LogP contribution in [0.5, 0.6) is 0 Å². The molecular formula is C17H30O15. The largest absolute Gasteiger partial charge is 0.394 e. The van der Waals surface area contributed by atoms with Crippen LogP contribution < -0.4 is 0 Å². The van der Waals surface area contributed by atoms with Crippen LogP contribution in [-0.4, -0.2) is 157 Å². The van der Waals surface area contributed by atoms with E-state index < -0.39 is 106 Å². The van der Waals surface area contributed by atoms with Gasteiger partial charge in [0, 0.05) is 0 Å². The molecule has 10 N–H and O–H groups in total. The predicted octanol–water partition coefficient (Wildman–Crippen LogP) is -6.93. The molecule has 0 aromatic carbocycles. The highest BCUT2D eigenvalue weighted by Gasteiger charge is 2.51. The van der Waals surface area contributed by atoms with Crippen LogP contribution in [0.1, 0.15) is 0 Å². The van der Waals surface area contributed by atoms with Gasteiger partial charge in [-0.2, -0.15) is 0 Å². The molecule has 0 saturated carbocycles. The van der Waals surface area contributed by atoms with Crippen molar-refractivity contribution in [3.63, 3.8) is 0 Å². The normalized spacial score (nSPS) is 52.3. The summed E-state index contributed by atoms with van der Waals surface area (Å²) in [6.07, 6.45) is -21.8. The van der Waals surface area contributed by atoms with E-state index in [-0.39, 0.29) is 0 Å². The summed E-state index contributed by atoms with van der Waals surface area (Å²) < 4.78 is 26.0. The predicted molar refractivity (Wildman–Crippen MR) is 95.2 cm³/mol.